The molecule has 1 aromatic carbocycles. The Kier molecular flexibility index (Phi) is 4.36. The smallest absolute Gasteiger partial charge is 0.404 e. The Morgan fingerprint density at radius 3 is 2.59 bits per heavy atom. The number of Topliss-reactive ketones (excluding diaryl/α,β-unsaturated/α-hetero) is 1. The number of hydrogen-bond acceptors (Lipinski definition) is 3. The van der Waals surface area contributed by atoms with Crippen molar-refractivity contribution in [1.82, 2.24) is 0 Å². The van der Waals surface area contributed by atoms with Crippen molar-refractivity contribution in [3.63, 3.8) is 0 Å². The van der Waals surface area contributed by atoms with Gasteiger partial charge in [0.2, 0.25) is 0 Å². The minimum Gasteiger partial charge on any atom is -0.404 e. The van der Waals surface area contributed by atoms with Gasteiger partial charge >= 0.3 is 6.36 Å². The first-order valence-corrected chi connectivity index (χ1v) is 4.78. The molecule has 0 bridgehead atoms. The van der Waals surface area contributed by atoms with Crippen LogP contribution in [0.3, 0.4) is 0 Å². The van der Waals surface area contributed by atoms with Gasteiger partial charge in [-0.05, 0) is 18.2 Å². The maximum atomic E-state index is 12.0. The molecule has 0 atom stereocenters. The van der Waals surface area contributed by atoms with Gasteiger partial charge in [-0.2, -0.15) is 0 Å². The summed E-state index contributed by atoms with van der Waals surface area (Å²) in [6, 6.07) is 3.38. The fourth-order valence-corrected chi connectivity index (χ4v) is 1.25. The molecule has 0 saturated heterocycles. The van der Waals surface area contributed by atoms with Crippen molar-refractivity contribution in [2.75, 3.05) is 13.7 Å². The predicted molar refractivity (Wildman–Crippen MR) is 54.3 cm³/mol. The average molecular weight is 269 g/mol. The fraction of sp³-hybridized carbons (Fsp3) is 0.300. The fourth-order valence-electron chi connectivity index (χ4n) is 1.09. The zero-order valence-corrected chi connectivity index (χ0v) is 9.43. The van der Waals surface area contributed by atoms with Crippen LogP contribution in [0.25, 0.3) is 0 Å². The van der Waals surface area contributed by atoms with E-state index in [9.17, 15) is 18.0 Å². The first-order valence-electron chi connectivity index (χ1n) is 4.41. The largest absolute Gasteiger partial charge is 0.573 e. The molecule has 1 rings (SSSR count). The number of carbonyl (C=O) groups is 1. The van der Waals surface area contributed by atoms with Crippen molar-refractivity contribution < 1.29 is 27.4 Å². The quantitative estimate of drug-likeness (QED) is 0.787. The molecule has 3 nitrogen and oxygen atoms in total. The summed E-state index contributed by atoms with van der Waals surface area (Å²) in [4.78, 5) is 11.4. The average Bonchev–Trinajstić information content (AvgIpc) is 2.19. The minimum atomic E-state index is -4.85. The number of methoxy groups -OCH3 is 1. The van der Waals surface area contributed by atoms with Crippen molar-refractivity contribution in [1.29, 1.82) is 0 Å². The summed E-state index contributed by atoms with van der Waals surface area (Å²) in [7, 11) is 1.31. The van der Waals surface area contributed by atoms with Gasteiger partial charge in [-0.1, -0.05) is 11.6 Å². The number of alkyl halides is 3. The van der Waals surface area contributed by atoms with E-state index < -0.39 is 17.9 Å². The summed E-state index contributed by atoms with van der Waals surface area (Å²) in [5.74, 6) is -1.07. The highest BCUT2D eigenvalue weighted by Gasteiger charge is 2.32. The number of benzene rings is 1. The molecule has 0 aliphatic rings. The van der Waals surface area contributed by atoms with Crippen LogP contribution in [0.4, 0.5) is 13.2 Å². The molecule has 0 amide bonds. The van der Waals surface area contributed by atoms with Crippen molar-refractivity contribution in [2.45, 2.75) is 6.36 Å². The molecule has 17 heavy (non-hydrogen) atoms. The molecule has 0 aliphatic carbocycles. The number of halogens is 4. The van der Waals surface area contributed by atoms with Crippen LogP contribution in [0.1, 0.15) is 10.4 Å². The van der Waals surface area contributed by atoms with E-state index in [1.807, 2.05) is 0 Å². The number of hydrogen-bond donors (Lipinski definition) is 0. The van der Waals surface area contributed by atoms with Crippen LogP contribution in [0.5, 0.6) is 5.75 Å². The third kappa shape index (κ3) is 4.24. The van der Waals surface area contributed by atoms with Gasteiger partial charge in [0.25, 0.3) is 0 Å². The molecule has 0 N–H and O–H groups in total. The monoisotopic (exact) mass is 268 g/mol. The van der Waals surface area contributed by atoms with Crippen LogP contribution in [0.15, 0.2) is 18.2 Å². The summed E-state index contributed by atoms with van der Waals surface area (Å²) >= 11 is 5.52. The van der Waals surface area contributed by atoms with Crippen molar-refractivity contribution >= 4 is 17.4 Å². The third-order valence-corrected chi connectivity index (χ3v) is 2.07. The topological polar surface area (TPSA) is 35.5 Å². The van der Waals surface area contributed by atoms with Crippen LogP contribution in [0.2, 0.25) is 5.02 Å². The van der Waals surface area contributed by atoms with Gasteiger partial charge in [-0.15, -0.1) is 13.2 Å². The van der Waals surface area contributed by atoms with Gasteiger partial charge in [-0.3, -0.25) is 4.79 Å². The molecule has 94 valence electrons. The lowest BCUT2D eigenvalue weighted by atomic mass is 10.1. The molecule has 0 radical (unpaired) electrons. The molecule has 0 heterocycles. The molecule has 0 spiro atoms. The molecule has 7 heteroatoms. The molecule has 0 unspecified atom stereocenters. The highest BCUT2D eigenvalue weighted by Crippen LogP contribution is 2.30. The zero-order valence-electron chi connectivity index (χ0n) is 8.68. The van der Waals surface area contributed by atoms with E-state index in [1.165, 1.54) is 13.2 Å². The van der Waals surface area contributed by atoms with Crippen LogP contribution in [-0.4, -0.2) is 25.9 Å². The first kappa shape index (κ1) is 13.8. The van der Waals surface area contributed by atoms with E-state index in [4.69, 9.17) is 11.6 Å². The lowest BCUT2D eigenvalue weighted by Crippen LogP contribution is -2.18. The van der Waals surface area contributed by atoms with Crippen molar-refractivity contribution in [3.05, 3.63) is 28.8 Å². The second-order valence-electron chi connectivity index (χ2n) is 3.05. The maximum Gasteiger partial charge on any atom is 0.573 e. The summed E-state index contributed by atoms with van der Waals surface area (Å²) in [5.41, 5.74) is 0.0375. The first-order chi connectivity index (χ1) is 7.83. The highest BCUT2D eigenvalue weighted by atomic mass is 35.5. The Hall–Kier alpha value is -1.27. The summed E-state index contributed by atoms with van der Waals surface area (Å²) in [6.07, 6.45) is -4.85. The maximum absolute atomic E-state index is 12.0. The Balaban J connectivity index is 2.98. The van der Waals surface area contributed by atoms with Gasteiger partial charge in [0.15, 0.2) is 5.78 Å². The van der Waals surface area contributed by atoms with E-state index in [-0.39, 0.29) is 17.2 Å². The molecular formula is C10H8ClF3O3. The van der Waals surface area contributed by atoms with E-state index >= 15 is 0 Å². The number of ketones is 1. The number of carbonyl (C=O) groups excluding carboxylic acids is 1. The second kappa shape index (κ2) is 5.37. The van der Waals surface area contributed by atoms with E-state index in [1.54, 1.807) is 0 Å². The molecule has 0 aliphatic heterocycles. The molecular weight excluding hydrogens is 261 g/mol. The van der Waals surface area contributed by atoms with Gasteiger partial charge in [-0.25, -0.2) is 0 Å². The molecule has 1 aromatic rings. The zero-order chi connectivity index (χ0) is 13.1. The van der Waals surface area contributed by atoms with Gasteiger partial charge < -0.3 is 9.47 Å². The molecule has 0 fully saturated rings. The number of ether oxygens (including phenoxy) is 2. The van der Waals surface area contributed by atoms with Gasteiger partial charge in [0.05, 0.1) is 5.02 Å². The summed E-state index contributed by atoms with van der Waals surface area (Å²) in [6.45, 7) is -0.229. The normalized spacial score (nSPS) is 11.4. The molecule has 0 aromatic heterocycles. The Morgan fingerprint density at radius 1 is 1.41 bits per heavy atom. The Labute approximate surface area is 100 Å². The second-order valence-corrected chi connectivity index (χ2v) is 3.46. The van der Waals surface area contributed by atoms with Crippen LogP contribution >= 0.6 is 11.6 Å². The highest BCUT2D eigenvalue weighted by molar-refractivity contribution is 6.32. The lowest BCUT2D eigenvalue weighted by Gasteiger charge is -2.11. The summed E-state index contributed by atoms with van der Waals surface area (Å²) < 4.78 is 44.3. The van der Waals surface area contributed by atoms with Crippen LogP contribution < -0.4 is 4.74 Å². The Bertz CT molecular complexity index is 418. The minimum absolute atomic E-state index is 0.0375. The third-order valence-electron chi connectivity index (χ3n) is 1.75. The lowest BCUT2D eigenvalue weighted by molar-refractivity contribution is -0.274. The van der Waals surface area contributed by atoms with Crippen LogP contribution in [0, 0.1) is 0 Å². The SMILES string of the molecule is COCC(=O)c1ccc(Cl)c(OC(F)(F)F)c1. The van der Waals surface area contributed by atoms with Crippen molar-refractivity contribution in [3.8, 4) is 5.75 Å². The number of rotatable bonds is 4. The standard InChI is InChI=1S/C10H8ClF3O3/c1-16-5-8(15)6-2-3-7(11)9(4-6)17-10(12,13)14/h2-4H,5H2,1H3. The van der Waals surface area contributed by atoms with Gasteiger partial charge in [0, 0.05) is 12.7 Å². The van der Waals surface area contributed by atoms with Crippen LogP contribution in [-0.2, 0) is 4.74 Å². The molecule has 0 saturated carbocycles. The van der Waals surface area contributed by atoms with Gasteiger partial charge in [0.1, 0.15) is 12.4 Å². The van der Waals surface area contributed by atoms with Crippen molar-refractivity contribution in [2.24, 2.45) is 0 Å². The van der Waals surface area contributed by atoms with E-state index in [0.29, 0.717) is 0 Å². The summed E-state index contributed by atoms with van der Waals surface area (Å²) in [5, 5.41) is -0.226. The van der Waals surface area contributed by atoms with E-state index in [0.717, 1.165) is 12.1 Å². The Morgan fingerprint density at radius 2 is 2.06 bits per heavy atom. The van der Waals surface area contributed by atoms with E-state index in [2.05, 4.69) is 9.47 Å². The predicted octanol–water partition coefficient (Wildman–Crippen LogP) is 3.07.